The van der Waals surface area contributed by atoms with Gasteiger partial charge in [-0.05, 0) is 34.9 Å². The standard InChI is InChI=1S/C23H19Cl2N7/c24-20-7-6-18(10-21(20)25)11-26-22-19-14-32(30-23(19)28-15-27-22)13-17-4-2-16(3-5-17)12-31-9-1-8-29-31/h1-10,14-15H,11-13H2,(H,26,27,28,30). The highest BCUT2D eigenvalue weighted by atomic mass is 35.5. The topological polar surface area (TPSA) is 73.5 Å². The first-order chi connectivity index (χ1) is 15.6. The van der Waals surface area contributed by atoms with Gasteiger partial charge in [-0.3, -0.25) is 9.36 Å². The first-order valence-electron chi connectivity index (χ1n) is 10.1. The Bertz CT molecular complexity index is 1350. The molecule has 0 aliphatic carbocycles. The van der Waals surface area contributed by atoms with E-state index in [0.29, 0.717) is 28.8 Å². The average Bonchev–Trinajstić information content (AvgIpc) is 3.45. The number of nitrogens with zero attached hydrogens (tertiary/aromatic N) is 6. The van der Waals surface area contributed by atoms with E-state index in [0.717, 1.165) is 28.9 Å². The Morgan fingerprint density at radius 1 is 0.844 bits per heavy atom. The summed E-state index contributed by atoms with van der Waals surface area (Å²) in [4.78, 5) is 8.70. The van der Waals surface area contributed by atoms with E-state index in [9.17, 15) is 0 Å². The van der Waals surface area contributed by atoms with Crippen molar-refractivity contribution in [2.24, 2.45) is 0 Å². The highest BCUT2D eigenvalue weighted by Crippen LogP contribution is 2.24. The van der Waals surface area contributed by atoms with Crippen molar-refractivity contribution < 1.29 is 0 Å². The van der Waals surface area contributed by atoms with Gasteiger partial charge in [0.05, 0.1) is 28.5 Å². The zero-order chi connectivity index (χ0) is 21.9. The number of hydrogen-bond donors (Lipinski definition) is 1. The molecule has 9 heteroatoms. The maximum atomic E-state index is 6.11. The summed E-state index contributed by atoms with van der Waals surface area (Å²) in [5.41, 5.74) is 4.00. The summed E-state index contributed by atoms with van der Waals surface area (Å²) in [6.45, 7) is 1.96. The van der Waals surface area contributed by atoms with E-state index in [-0.39, 0.29) is 0 Å². The van der Waals surface area contributed by atoms with Gasteiger partial charge < -0.3 is 5.32 Å². The van der Waals surface area contributed by atoms with Gasteiger partial charge >= 0.3 is 0 Å². The summed E-state index contributed by atoms with van der Waals surface area (Å²) in [5.74, 6) is 0.724. The van der Waals surface area contributed by atoms with E-state index in [1.165, 1.54) is 11.9 Å². The van der Waals surface area contributed by atoms with Crippen LogP contribution in [0.4, 0.5) is 5.82 Å². The van der Waals surface area contributed by atoms with Crippen LogP contribution < -0.4 is 5.32 Å². The van der Waals surface area contributed by atoms with E-state index in [4.69, 9.17) is 23.2 Å². The van der Waals surface area contributed by atoms with E-state index < -0.39 is 0 Å². The molecule has 0 unspecified atom stereocenters. The van der Waals surface area contributed by atoms with Gasteiger partial charge in [0.1, 0.15) is 12.1 Å². The second-order valence-electron chi connectivity index (χ2n) is 7.41. The van der Waals surface area contributed by atoms with Crippen LogP contribution in [0.3, 0.4) is 0 Å². The van der Waals surface area contributed by atoms with Crippen LogP contribution in [0.25, 0.3) is 11.0 Å². The Hall–Kier alpha value is -3.42. The van der Waals surface area contributed by atoms with Crippen molar-refractivity contribution in [3.05, 3.63) is 100 Å². The molecule has 0 atom stereocenters. The quantitative estimate of drug-likeness (QED) is 0.366. The van der Waals surface area contributed by atoms with Crippen LogP contribution in [0.1, 0.15) is 16.7 Å². The number of fused-ring (bicyclic) bond motifs is 1. The fourth-order valence-electron chi connectivity index (χ4n) is 3.46. The third-order valence-corrected chi connectivity index (χ3v) is 5.82. The van der Waals surface area contributed by atoms with Gasteiger partial charge in [-0.25, -0.2) is 9.97 Å². The van der Waals surface area contributed by atoms with Crippen molar-refractivity contribution in [3.8, 4) is 0 Å². The molecule has 0 spiro atoms. The first-order valence-corrected chi connectivity index (χ1v) is 10.8. The summed E-state index contributed by atoms with van der Waals surface area (Å²) in [6, 6.07) is 15.9. The van der Waals surface area contributed by atoms with Crippen molar-refractivity contribution in [1.82, 2.24) is 29.5 Å². The van der Waals surface area contributed by atoms with Crippen molar-refractivity contribution in [3.63, 3.8) is 0 Å². The molecule has 0 amide bonds. The third-order valence-electron chi connectivity index (χ3n) is 5.08. The van der Waals surface area contributed by atoms with Crippen LogP contribution in [0.2, 0.25) is 10.0 Å². The third kappa shape index (κ3) is 4.59. The maximum Gasteiger partial charge on any atom is 0.186 e. The van der Waals surface area contributed by atoms with Crippen molar-refractivity contribution >= 4 is 40.1 Å². The van der Waals surface area contributed by atoms with Gasteiger partial charge in [-0.2, -0.15) is 10.2 Å². The molecule has 7 nitrogen and oxygen atoms in total. The number of aromatic nitrogens is 6. The predicted molar refractivity (Wildman–Crippen MR) is 126 cm³/mol. The minimum absolute atomic E-state index is 0.530. The molecule has 3 heterocycles. The van der Waals surface area contributed by atoms with E-state index in [2.05, 4.69) is 49.7 Å². The monoisotopic (exact) mass is 463 g/mol. The van der Waals surface area contributed by atoms with E-state index in [1.807, 2.05) is 40.0 Å². The molecule has 160 valence electrons. The summed E-state index contributed by atoms with van der Waals surface area (Å²) >= 11 is 12.1. The smallest absolute Gasteiger partial charge is 0.186 e. The van der Waals surface area contributed by atoms with Crippen molar-refractivity contribution in [2.75, 3.05) is 5.32 Å². The molecule has 5 aromatic rings. The zero-order valence-electron chi connectivity index (χ0n) is 17.0. The first kappa shape index (κ1) is 20.5. The molecule has 0 fully saturated rings. The van der Waals surface area contributed by atoms with Crippen LogP contribution in [0.5, 0.6) is 0 Å². The van der Waals surface area contributed by atoms with Gasteiger partial charge in [0.2, 0.25) is 0 Å². The molecule has 3 aromatic heterocycles. The Kier molecular flexibility index (Phi) is 5.75. The molecule has 2 aromatic carbocycles. The number of nitrogens with one attached hydrogen (secondary N) is 1. The number of rotatable bonds is 7. The highest BCUT2D eigenvalue weighted by Gasteiger charge is 2.09. The lowest BCUT2D eigenvalue weighted by Gasteiger charge is -2.07. The number of halogens is 2. The number of anilines is 1. The minimum atomic E-state index is 0.530. The average molecular weight is 464 g/mol. The Labute approximate surface area is 194 Å². The molecule has 0 saturated carbocycles. The summed E-state index contributed by atoms with van der Waals surface area (Å²) in [5, 5.41) is 14.1. The Morgan fingerprint density at radius 3 is 2.31 bits per heavy atom. The lowest BCUT2D eigenvalue weighted by atomic mass is 10.1. The van der Waals surface area contributed by atoms with Crippen molar-refractivity contribution in [2.45, 2.75) is 19.6 Å². The lowest BCUT2D eigenvalue weighted by molar-refractivity contribution is 0.681. The van der Waals surface area contributed by atoms with Crippen molar-refractivity contribution in [1.29, 1.82) is 0 Å². The summed E-state index contributed by atoms with van der Waals surface area (Å²) in [6.07, 6.45) is 7.22. The normalized spacial score (nSPS) is 11.2. The van der Waals surface area contributed by atoms with Crippen LogP contribution in [0, 0.1) is 0 Å². The van der Waals surface area contributed by atoms with Gasteiger partial charge in [0, 0.05) is 25.1 Å². The Balaban J connectivity index is 1.29. The van der Waals surface area contributed by atoms with E-state index in [1.54, 1.807) is 12.3 Å². The molecule has 0 aliphatic heterocycles. The zero-order valence-corrected chi connectivity index (χ0v) is 18.5. The molecule has 5 rings (SSSR count). The summed E-state index contributed by atoms with van der Waals surface area (Å²) in [7, 11) is 0. The molecule has 0 radical (unpaired) electrons. The van der Waals surface area contributed by atoms with E-state index >= 15 is 0 Å². The number of benzene rings is 2. The second-order valence-corrected chi connectivity index (χ2v) is 8.22. The van der Waals surface area contributed by atoms with Crippen LogP contribution in [0.15, 0.2) is 73.4 Å². The molecule has 32 heavy (non-hydrogen) atoms. The largest absolute Gasteiger partial charge is 0.365 e. The predicted octanol–water partition coefficient (Wildman–Crippen LogP) is 5.04. The molecule has 1 N–H and O–H groups in total. The highest BCUT2D eigenvalue weighted by molar-refractivity contribution is 6.42. The Morgan fingerprint density at radius 2 is 1.59 bits per heavy atom. The summed E-state index contributed by atoms with van der Waals surface area (Å²) < 4.78 is 3.78. The second kappa shape index (κ2) is 8.98. The molecular formula is C23H19Cl2N7. The fraction of sp³-hybridized carbons (Fsp3) is 0.130. The van der Waals surface area contributed by atoms with Crippen LogP contribution >= 0.6 is 23.2 Å². The number of hydrogen-bond acceptors (Lipinski definition) is 5. The fourth-order valence-corrected chi connectivity index (χ4v) is 3.78. The van der Waals surface area contributed by atoms with Crippen LogP contribution in [-0.2, 0) is 19.6 Å². The molecule has 0 bridgehead atoms. The van der Waals surface area contributed by atoms with Gasteiger partial charge in [-0.1, -0.05) is 53.5 Å². The maximum absolute atomic E-state index is 6.11. The minimum Gasteiger partial charge on any atom is -0.365 e. The van der Waals surface area contributed by atoms with Gasteiger partial charge in [0.25, 0.3) is 0 Å². The van der Waals surface area contributed by atoms with Gasteiger partial charge in [0.15, 0.2) is 5.65 Å². The molecule has 0 saturated heterocycles. The SMILES string of the molecule is Clc1ccc(CNc2ncnc3nn(Cc4ccc(Cn5cccn5)cc4)cc23)cc1Cl. The molecule has 0 aliphatic rings. The van der Waals surface area contributed by atoms with Gasteiger partial charge in [-0.15, -0.1) is 0 Å². The van der Waals surface area contributed by atoms with Crippen LogP contribution in [-0.4, -0.2) is 29.5 Å². The molecular weight excluding hydrogens is 445 g/mol. The lowest BCUT2D eigenvalue weighted by Crippen LogP contribution is -2.02.